The quantitative estimate of drug-likeness (QED) is 0.145. The molecule has 0 bridgehead atoms. The molecule has 3 nitrogen and oxygen atoms in total. The predicted octanol–water partition coefficient (Wildman–Crippen LogP) is 8.64. The Bertz CT molecular complexity index is 334. The fraction of sp³-hybridized carbons (Fsp3) is 1.00. The van der Waals surface area contributed by atoms with Gasteiger partial charge in [0.25, 0.3) is 0 Å². The zero-order valence-electron chi connectivity index (χ0n) is 18.6. The van der Waals surface area contributed by atoms with E-state index in [1.54, 1.807) is 0 Å². The molecule has 0 aliphatic rings. The van der Waals surface area contributed by atoms with E-state index in [9.17, 15) is 9.46 Å². The number of hydrogen-bond acceptors (Lipinski definition) is 2. The average molecular weight is 405 g/mol. The van der Waals surface area contributed by atoms with Crippen molar-refractivity contribution in [3.63, 3.8) is 0 Å². The summed E-state index contributed by atoms with van der Waals surface area (Å²) in [6, 6.07) is 0. The van der Waals surface area contributed by atoms with Crippen molar-refractivity contribution < 1.29 is 14.0 Å². The third kappa shape index (κ3) is 22.3. The molecule has 0 radical (unpaired) electrons. The van der Waals surface area contributed by atoms with E-state index in [-0.39, 0.29) is 0 Å². The van der Waals surface area contributed by atoms with Gasteiger partial charge in [-0.2, -0.15) is 0 Å². The van der Waals surface area contributed by atoms with Gasteiger partial charge in [0.2, 0.25) is 0 Å². The number of rotatable bonds is 22. The van der Waals surface area contributed by atoms with E-state index in [0.717, 1.165) is 32.1 Å². The molecule has 1 N–H and O–H groups in total. The van der Waals surface area contributed by atoms with Gasteiger partial charge in [-0.1, -0.05) is 123 Å². The minimum absolute atomic E-state index is 0.331. The monoisotopic (exact) mass is 404 g/mol. The minimum atomic E-state index is -3.32. The van der Waals surface area contributed by atoms with Crippen molar-refractivity contribution in [1.82, 2.24) is 0 Å². The van der Waals surface area contributed by atoms with Crippen LogP contribution in [0.1, 0.15) is 136 Å². The van der Waals surface area contributed by atoms with E-state index in [1.807, 2.05) is 0 Å². The van der Waals surface area contributed by atoms with Gasteiger partial charge in [0.15, 0.2) is 0 Å². The smallest absolute Gasteiger partial charge is 0.324 e. The molecule has 0 saturated heterocycles. The molecule has 0 spiro atoms. The largest absolute Gasteiger partial charge is 0.328 e. The fourth-order valence-electron chi connectivity index (χ4n) is 3.48. The molecule has 0 aromatic rings. The predicted molar refractivity (Wildman–Crippen MR) is 120 cm³/mol. The zero-order chi connectivity index (χ0) is 20.1. The third-order valence-electron chi connectivity index (χ3n) is 5.34. The molecule has 27 heavy (non-hydrogen) atoms. The lowest BCUT2D eigenvalue weighted by Crippen LogP contribution is -1.97. The zero-order valence-corrected chi connectivity index (χ0v) is 19.5. The Morgan fingerprint density at radius 1 is 0.556 bits per heavy atom. The summed E-state index contributed by atoms with van der Waals surface area (Å²) in [5.41, 5.74) is 0. The van der Waals surface area contributed by atoms with Crippen molar-refractivity contribution in [1.29, 1.82) is 0 Å². The second kappa shape index (κ2) is 20.9. The molecule has 164 valence electrons. The van der Waals surface area contributed by atoms with Crippen LogP contribution in [0.4, 0.5) is 0 Å². The first-order valence-corrected chi connectivity index (χ1v) is 13.8. The Kier molecular flexibility index (Phi) is 21.0. The molecular weight excluding hydrogens is 355 g/mol. The summed E-state index contributed by atoms with van der Waals surface area (Å²) in [5.74, 6) is 0. The number of unbranched alkanes of at least 4 members (excludes halogenated alkanes) is 17. The first-order chi connectivity index (χ1) is 13.1. The SMILES string of the molecule is CCCCCCCCCCCCCCCCCCP(=O)(O)OCCCCC. The highest BCUT2D eigenvalue weighted by molar-refractivity contribution is 7.52. The minimum Gasteiger partial charge on any atom is -0.324 e. The maximum absolute atomic E-state index is 11.9. The molecule has 0 amide bonds. The van der Waals surface area contributed by atoms with E-state index >= 15 is 0 Å². The van der Waals surface area contributed by atoms with E-state index in [1.165, 1.54) is 89.9 Å². The first-order valence-electron chi connectivity index (χ1n) is 12.1. The summed E-state index contributed by atoms with van der Waals surface area (Å²) >= 11 is 0. The standard InChI is InChI=1S/C23H49O3P/c1-3-5-7-8-9-10-11-12-13-14-15-16-17-18-19-21-23-27(24,25)26-22-20-6-4-2/h3-23H2,1-2H3,(H,24,25). The third-order valence-corrected chi connectivity index (χ3v) is 6.80. The van der Waals surface area contributed by atoms with Gasteiger partial charge < -0.3 is 9.42 Å². The molecule has 0 aromatic heterocycles. The van der Waals surface area contributed by atoms with E-state index < -0.39 is 7.60 Å². The summed E-state index contributed by atoms with van der Waals surface area (Å²) in [7, 11) is -3.32. The van der Waals surface area contributed by atoms with Gasteiger partial charge in [-0.15, -0.1) is 0 Å². The van der Waals surface area contributed by atoms with Gasteiger partial charge >= 0.3 is 7.60 Å². The maximum Gasteiger partial charge on any atom is 0.328 e. The average Bonchev–Trinajstić information content (AvgIpc) is 2.65. The van der Waals surface area contributed by atoms with Crippen molar-refractivity contribution in [2.75, 3.05) is 12.8 Å². The van der Waals surface area contributed by atoms with Crippen LogP contribution in [-0.2, 0) is 9.09 Å². The highest BCUT2D eigenvalue weighted by atomic mass is 31.2. The molecule has 1 atom stereocenters. The Balaban J connectivity index is 3.21. The molecule has 0 heterocycles. The highest BCUT2D eigenvalue weighted by Gasteiger charge is 2.17. The topological polar surface area (TPSA) is 46.5 Å². The highest BCUT2D eigenvalue weighted by Crippen LogP contribution is 2.43. The lowest BCUT2D eigenvalue weighted by molar-refractivity contribution is 0.252. The van der Waals surface area contributed by atoms with Crippen LogP contribution in [0.25, 0.3) is 0 Å². The fourth-order valence-corrected chi connectivity index (χ4v) is 4.65. The van der Waals surface area contributed by atoms with Crippen molar-refractivity contribution in [3.05, 3.63) is 0 Å². The Hall–Kier alpha value is 0.150. The van der Waals surface area contributed by atoms with Gasteiger partial charge in [0, 0.05) is 6.16 Å². The Labute approximate surface area is 170 Å². The maximum atomic E-state index is 11.9. The van der Waals surface area contributed by atoms with Crippen molar-refractivity contribution in [2.24, 2.45) is 0 Å². The summed E-state index contributed by atoms with van der Waals surface area (Å²) in [5, 5.41) is 0. The van der Waals surface area contributed by atoms with Crippen LogP contribution in [0.2, 0.25) is 0 Å². The van der Waals surface area contributed by atoms with Gasteiger partial charge in [-0.05, 0) is 12.8 Å². The van der Waals surface area contributed by atoms with E-state index in [4.69, 9.17) is 4.52 Å². The molecule has 0 aliphatic carbocycles. The van der Waals surface area contributed by atoms with Gasteiger partial charge in [-0.3, -0.25) is 4.57 Å². The van der Waals surface area contributed by atoms with Crippen LogP contribution in [0.15, 0.2) is 0 Å². The second-order valence-corrected chi connectivity index (χ2v) is 10.2. The summed E-state index contributed by atoms with van der Waals surface area (Å²) in [6.45, 7) is 4.83. The van der Waals surface area contributed by atoms with Crippen LogP contribution in [0, 0.1) is 0 Å². The first kappa shape index (κ1) is 27.1. The molecule has 0 saturated carbocycles. The molecule has 0 aliphatic heterocycles. The number of hydrogen-bond donors (Lipinski definition) is 1. The second-order valence-electron chi connectivity index (χ2n) is 8.20. The van der Waals surface area contributed by atoms with Gasteiger partial charge in [0.05, 0.1) is 6.61 Å². The Morgan fingerprint density at radius 2 is 0.889 bits per heavy atom. The molecule has 1 unspecified atom stereocenters. The van der Waals surface area contributed by atoms with Crippen molar-refractivity contribution >= 4 is 7.60 Å². The molecule has 0 fully saturated rings. The lowest BCUT2D eigenvalue weighted by Gasteiger charge is -2.11. The van der Waals surface area contributed by atoms with Crippen LogP contribution in [0.5, 0.6) is 0 Å². The van der Waals surface area contributed by atoms with Crippen LogP contribution < -0.4 is 0 Å². The summed E-state index contributed by atoms with van der Waals surface area (Å²) in [4.78, 5) is 9.76. The molecule has 0 aromatic carbocycles. The van der Waals surface area contributed by atoms with Crippen molar-refractivity contribution in [2.45, 2.75) is 136 Å². The van der Waals surface area contributed by atoms with Crippen LogP contribution in [-0.4, -0.2) is 17.7 Å². The normalized spacial score (nSPS) is 13.7. The summed E-state index contributed by atoms with van der Waals surface area (Å²) in [6.07, 6.45) is 24.5. The Morgan fingerprint density at radius 3 is 1.30 bits per heavy atom. The van der Waals surface area contributed by atoms with E-state index in [0.29, 0.717) is 12.8 Å². The van der Waals surface area contributed by atoms with Crippen molar-refractivity contribution in [3.8, 4) is 0 Å². The molecular formula is C23H49O3P. The summed E-state index contributed by atoms with van der Waals surface area (Å²) < 4.78 is 17.0. The van der Waals surface area contributed by atoms with Crippen LogP contribution >= 0.6 is 7.60 Å². The van der Waals surface area contributed by atoms with Crippen LogP contribution in [0.3, 0.4) is 0 Å². The van der Waals surface area contributed by atoms with E-state index in [2.05, 4.69) is 13.8 Å². The lowest BCUT2D eigenvalue weighted by atomic mass is 10.0. The van der Waals surface area contributed by atoms with Gasteiger partial charge in [-0.25, -0.2) is 0 Å². The van der Waals surface area contributed by atoms with Gasteiger partial charge in [0.1, 0.15) is 0 Å². The molecule has 4 heteroatoms. The molecule has 0 rings (SSSR count).